The van der Waals surface area contributed by atoms with Gasteiger partial charge in [-0.1, -0.05) is 29.8 Å². The molecule has 3 heterocycles. The van der Waals surface area contributed by atoms with Gasteiger partial charge >= 0.3 is 6.29 Å². The summed E-state index contributed by atoms with van der Waals surface area (Å²) in [4.78, 5) is 27.4. The maximum absolute atomic E-state index is 13.4. The van der Waals surface area contributed by atoms with Crippen molar-refractivity contribution in [1.29, 1.82) is 0 Å². The van der Waals surface area contributed by atoms with Crippen LogP contribution in [0, 0.1) is 0 Å². The van der Waals surface area contributed by atoms with Gasteiger partial charge in [0.1, 0.15) is 12.1 Å². The number of hydrogen-bond donors (Lipinski definition) is 0. The summed E-state index contributed by atoms with van der Waals surface area (Å²) in [5, 5.41) is 3.60. The molecule has 10 nitrogen and oxygen atoms in total. The predicted octanol–water partition coefficient (Wildman–Crippen LogP) is 3.46. The second-order valence-corrected chi connectivity index (χ2v) is 10.1. The van der Waals surface area contributed by atoms with E-state index >= 15 is 0 Å². The zero-order valence-electron chi connectivity index (χ0n) is 19.0. The number of carbonyl (C=O) groups is 1. The molecule has 0 N–H and O–H groups in total. The minimum absolute atomic E-state index is 0.0111. The van der Waals surface area contributed by atoms with Gasteiger partial charge in [0.05, 0.1) is 10.3 Å². The van der Waals surface area contributed by atoms with Crippen LogP contribution in [0.2, 0.25) is 5.15 Å². The van der Waals surface area contributed by atoms with Crippen LogP contribution in [-0.4, -0.2) is 40.9 Å². The van der Waals surface area contributed by atoms with Crippen LogP contribution in [-0.2, 0) is 21.4 Å². The van der Waals surface area contributed by atoms with Gasteiger partial charge in [0, 0.05) is 24.5 Å². The van der Waals surface area contributed by atoms with Crippen molar-refractivity contribution in [2.75, 3.05) is 11.4 Å². The van der Waals surface area contributed by atoms with Crippen LogP contribution in [0.5, 0.6) is 11.5 Å². The number of amides is 1. The first-order chi connectivity index (χ1) is 17.5. The highest BCUT2D eigenvalue weighted by Gasteiger charge is 2.43. The molecule has 2 aromatic carbocycles. The minimum atomic E-state index is -4.07. The molecule has 0 aliphatic carbocycles. The number of nitrogens with zero attached hydrogens (tertiary/aromatic N) is 4. The molecule has 0 fully saturated rings. The summed E-state index contributed by atoms with van der Waals surface area (Å²) < 4.78 is 63.4. The molecule has 2 aromatic heterocycles. The van der Waals surface area contributed by atoms with E-state index in [9.17, 15) is 26.8 Å². The maximum atomic E-state index is 13.4. The Hall–Kier alpha value is -3.97. The van der Waals surface area contributed by atoms with Gasteiger partial charge in [0.2, 0.25) is 5.91 Å². The standard InChI is InChI=1S/C23H17ClF2N4O6S/c1-2-28(14-8-9-17-18(12-14)36-23(25,26)35-17)19(31)13-29-22(32)16-10-11-30(20(16)21(24)27-29)37(33,34)15-6-4-3-5-7-15/h3-12H,2,13H2,1H3. The van der Waals surface area contributed by atoms with E-state index in [4.69, 9.17) is 11.6 Å². The van der Waals surface area contributed by atoms with Gasteiger partial charge in [-0.2, -0.15) is 5.10 Å². The number of alkyl halides is 2. The zero-order chi connectivity index (χ0) is 26.5. The molecule has 0 saturated carbocycles. The summed E-state index contributed by atoms with van der Waals surface area (Å²) in [5.41, 5.74) is -0.632. The van der Waals surface area contributed by atoms with Crippen LogP contribution in [0.4, 0.5) is 14.5 Å². The summed E-state index contributed by atoms with van der Waals surface area (Å²) in [6.07, 6.45) is -2.62. The second-order valence-electron chi connectivity index (χ2n) is 7.88. The largest absolute Gasteiger partial charge is 0.586 e. The molecule has 1 aliphatic rings. The molecular formula is C23H17ClF2N4O6S. The number of likely N-dealkylation sites (N-methyl/N-ethyl adjacent to an activating group) is 1. The Morgan fingerprint density at radius 1 is 1.11 bits per heavy atom. The highest BCUT2D eigenvalue weighted by atomic mass is 35.5. The van der Waals surface area contributed by atoms with Crippen LogP contribution >= 0.6 is 11.6 Å². The molecule has 4 aromatic rings. The molecule has 0 unspecified atom stereocenters. The van der Waals surface area contributed by atoms with Gasteiger partial charge in [-0.05, 0) is 37.3 Å². The molecule has 192 valence electrons. The Kier molecular flexibility index (Phi) is 5.91. The number of rotatable bonds is 6. The summed E-state index contributed by atoms with van der Waals surface area (Å²) in [5.74, 6) is -1.02. The number of fused-ring (bicyclic) bond motifs is 2. The molecule has 1 aliphatic heterocycles. The molecular weight excluding hydrogens is 534 g/mol. The Labute approximate surface area is 213 Å². The fourth-order valence-electron chi connectivity index (χ4n) is 3.96. The highest BCUT2D eigenvalue weighted by Crippen LogP contribution is 2.42. The van der Waals surface area contributed by atoms with Gasteiger partial charge in [0.15, 0.2) is 16.7 Å². The third-order valence-electron chi connectivity index (χ3n) is 5.62. The number of anilines is 1. The van der Waals surface area contributed by atoms with Crippen molar-refractivity contribution in [3.05, 3.63) is 76.3 Å². The van der Waals surface area contributed by atoms with Crippen molar-refractivity contribution in [2.24, 2.45) is 0 Å². The average molecular weight is 551 g/mol. The van der Waals surface area contributed by atoms with Crippen LogP contribution < -0.4 is 19.9 Å². The SMILES string of the molecule is CCN(C(=O)Cn1nc(Cl)c2c(ccn2S(=O)(=O)c2ccccc2)c1=O)c1ccc2c(c1)OC(F)(F)O2. The number of carbonyl (C=O) groups excluding carboxylic acids is 1. The Bertz CT molecular complexity index is 1710. The van der Waals surface area contributed by atoms with Crippen LogP contribution in [0.15, 0.2) is 70.5 Å². The monoisotopic (exact) mass is 550 g/mol. The third-order valence-corrected chi connectivity index (χ3v) is 7.56. The number of halogens is 3. The summed E-state index contributed by atoms with van der Waals surface area (Å²) in [7, 11) is -4.07. The van der Waals surface area contributed by atoms with E-state index in [1.54, 1.807) is 25.1 Å². The highest BCUT2D eigenvalue weighted by molar-refractivity contribution is 7.90. The van der Waals surface area contributed by atoms with E-state index in [-0.39, 0.29) is 44.7 Å². The Morgan fingerprint density at radius 3 is 2.51 bits per heavy atom. The third kappa shape index (κ3) is 4.29. The van der Waals surface area contributed by atoms with E-state index in [0.29, 0.717) is 0 Å². The van der Waals surface area contributed by atoms with Crippen molar-refractivity contribution in [3.8, 4) is 11.5 Å². The maximum Gasteiger partial charge on any atom is 0.586 e. The van der Waals surface area contributed by atoms with Crippen LogP contribution in [0.3, 0.4) is 0 Å². The van der Waals surface area contributed by atoms with Gasteiger partial charge in [-0.25, -0.2) is 17.1 Å². The van der Waals surface area contributed by atoms with Crippen molar-refractivity contribution in [2.45, 2.75) is 24.7 Å². The van der Waals surface area contributed by atoms with E-state index in [1.165, 1.54) is 47.5 Å². The fraction of sp³-hybridized carbons (Fsp3) is 0.174. The minimum Gasteiger partial charge on any atom is -0.395 e. The predicted molar refractivity (Wildman–Crippen MR) is 129 cm³/mol. The van der Waals surface area contributed by atoms with Crippen LogP contribution in [0.1, 0.15) is 6.92 Å². The smallest absolute Gasteiger partial charge is 0.395 e. The molecule has 0 bridgehead atoms. The molecule has 0 atom stereocenters. The van der Waals surface area contributed by atoms with Gasteiger partial charge in [0.25, 0.3) is 15.6 Å². The molecule has 0 saturated heterocycles. The number of ether oxygens (including phenoxy) is 2. The van der Waals surface area contributed by atoms with Crippen molar-refractivity contribution in [1.82, 2.24) is 13.8 Å². The van der Waals surface area contributed by atoms with Crippen molar-refractivity contribution in [3.63, 3.8) is 0 Å². The Morgan fingerprint density at radius 2 is 1.81 bits per heavy atom. The average Bonchev–Trinajstić information content (AvgIpc) is 3.44. The zero-order valence-corrected chi connectivity index (χ0v) is 20.5. The summed E-state index contributed by atoms with van der Waals surface area (Å²) in [6.45, 7) is 1.23. The van der Waals surface area contributed by atoms with E-state index in [2.05, 4.69) is 14.6 Å². The number of aromatic nitrogens is 3. The second kappa shape index (κ2) is 8.85. The van der Waals surface area contributed by atoms with Gasteiger partial charge < -0.3 is 14.4 Å². The van der Waals surface area contributed by atoms with E-state index in [1.807, 2.05) is 0 Å². The van der Waals surface area contributed by atoms with Gasteiger partial charge in [-0.3, -0.25) is 9.59 Å². The van der Waals surface area contributed by atoms with Crippen LogP contribution in [0.25, 0.3) is 10.9 Å². The van der Waals surface area contributed by atoms with E-state index < -0.39 is 34.3 Å². The molecule has 5 rings (SSSR count). The lowest BCUT2D eigenvalue weighted by molar-refractivity contribution is -0.286. The first kappa shape index (κ1) is 24.7. The molecule has 0 spiro atoms. The molecule has 1 amide bonds. The first-order valence-corrected chi connectivity index (χ1v) is 12.6. The summed E-state index contributed by atoms with van der Waals surface area (Å²) in [6, 6.07) is 12.7. The van der Waals surface area contributed by atoms with Gasteiger partial charge in [-0.15, -0.1) is 8.78 Å². The Balaban J connectivity index is 1.47. The van der Waals surface area contributed by atoms with Crippen molar-refractivity contribution >= 4 is 44.1 Å². The molecule has 37 heavy (non-hydrogen) atoms. The lowest BCUT2D eigenvalue weighted by atomic mass is 10.2. The van der Waals surface area contributed by atoms with E-state index in [0.717, 1.165) is 8.65 Å². The number of benzene rings is 2. The fourth-order valence-corrected chi connectivity index (χ4v) is 5.67. The lowest BCUT2D eigenvalue weighted by Crippen LogP contribution is -2.37. The quantitative estimate of drug-likeness (QED) is 0.361. The molecule has 0 radical (unpaired) electrons. The van der Waals surface area contributed by atoms with Crippen molar-refractivity contribution < 1.29 is 31.5 Å². The summed E-state index contributed by atoms with van der Waals surface area (Å²) >= 11 is 6.30. The number of hydrogen-bond acceptors (Lipinski definition) is 7. The lowest BCUT2D eigenvalue weighted by Gasteiger charge is -2.21. The normalized spacial score (nSPS) is 14.2. The molecule has 14 heteroatoms. The topological polar surface area (TPSA) is 113 Å². The first-order valence-electron chi connectivity index (χ1n) is 10.8.